The van der Waals surface area contributed by atoms with Crippen LogP contribution < -0.4 is 15.4 Å². The number of aromatic nitrogens is 5. The van der Waals surface area contributed by atoms with Crippen molar-refractivity contribution in [2.45, 2.75) is 39.1 Å². The Morgan fingerprint density at radius 2 is 2.00 bits per heavy atom. The van der Waals surface area contributed by atoms with Crippen molar-refractivity contribution in [3.63, 3.8) is 0 Å². The van der Waals surface area contributed by atoms with Gasteiger partial charge in [0.25, 0.3) is 12.0 Å². The molecule has 1 aliphatic heterocycles. The summed E-state index contributed by atoms with van der Waals surface area (Å²) in [6, 6.07) is 10.1. The van der Waals surface area contributed by atoms with Gasteiger partial charge in [-0.15, -0.1) is 0 Å². The highest BCUT2D eigenvalue weighted by Crippen LogP contribution is 2.20. The number of benzene rings is 1. The summed E-state index contributed by atoms with van der Waals surface area (Å²) in [6.45, 7) is 7.04. The van der Waals surface area contributed by atoms with Gasteiger partial charge in [0.1, 0.15) is 5.75 Å². The summed E-state index contributed by atoms with van der Waals surface area (Å²) in [5.41, 5.74) is 3.10. The number of morpholine rings is 1. The van der Waals surface area contributed by atoms with Crippen molar-refractivity contribution in [1.82, 2.24) is 24.1 Å². The molecular weight excluding hydrogens is 408 g/mol. The molecule has 0 bridgehead atoms. The topological polar surface area (TPSA) is 88.0 Å². The number of fused-ring (bicyclic) bond motifs is 3. The lowest BCUT2D eigenvalue weighted by Gasteiger charge is -2.36. The normalized spacial score (nSPS) is 19.6. The van der Waals surface area contributed by atoms with Crippen LogP contribution in [0.4, 0.5) is 0 Å². The highest BCUT2D eigenvalue weighted by atomic mass is 16.5. The van der Waals surface area contributed by atoms with Crippen molar-refractivity contribution in [2.75, 3.05) is 20.3 Å². The molecule has 0 radical (unpaired) electrons. The van der Waals surface area contributed by atoms with E-state index in [1.807, 2.05) is 30.5 Å². The molecule has 1 N–H and O–H groups in total. The maximum absolute atomic E-state index is 13.2. The average molecular weight is 436 g/mol. The summed E-state index contributed by atoms with van der Waals surface area (Å²) < 4.78 is 14.1. The summed E-state index contributed by atoms with van der Waals surface area (Å²) in [5.74, 6) is 0.775. The molecule has 32 heavy (non-hydrogen) atoms. The molecule has 0 unspecified atom stereocenters. The maximum Gasteiger partial charge on any atom is 0.425 e. The van der Waals surface area contributed by atoms with E-state index >= 15 is 0 Å². The summed E-state index contributed by atoms with van der Waals surface area (Å²) in [7, 11) is 1.63. The molecule has 166 valence electrons. The van der Waals surface area contributed by atoms with Crippen LogP contribution in [0.25, 0.3) is 16.7 Å². The van der Waals surface area contributed by atoms with E-state index in [0.717, 1.165) is 42.0 Å². The molecule has 0 saturated carbocycles. The lowest BCUT2D eigenvalue weighted by Crippen LogP contribution is -2.46. The van der Waals surface area contributed by atoms with Gasteiger partial charge < -0.3 is 9.47 Å². The third kappa shape index (κ3) is 3.74. The Kier molecular flexibility index (Phi) is 5.36. The molecule has 3 aromatic heterocycles. The third-order valence-corrected chi connectivity index (χ3v) is 6.05. The number of aromatic amines is 1. The second kappa shape index (κ2) is 8.33. The fourth-order valence-corrected chi connectivity index (χ4v) is 4.27. The van der Waals surface area contributed by atoms with Crippen molar-refractivity contribution in [1.29, 1.82) is 0 Å². The summed E-state index contributed by atoms with van der Waals surface area (Å²) >= 11 is 0. The molecule has 1 saturated heterocycles. The molecule has 4 aromatic rings. The lowest BCUT2D eigenvalue weighted by molar-refractivity contribution is -0.345. The summed E-state index contributed by atoms with van der Waals surface area (Å²) in [6.07, 6.45) is 3.61. The Morgan fingerprint density at radius 1 is 1.19 bits per heavy atom. The Balaban J connectivity index is 1.56. The van der Waals surface area contributed by atoms with Gasteiger partial charge >= 0.3 is 5.69 Å². The number of rotatable bonds is 5. The SMILES string of the molecule is COc1ccc(Cn2c(=O)n3nc[nH+]c3c3cc(CN4C[C@@H](C)OC[C@H]4C)cnc32)cc1. The zero-order valence-electron chi connectivity index (χ0n) is 18.5. The van der Waals surface area contributed by atoms with Gasteiger partial charge in [-0.1, -0.05) is 12.1 Å². The molecule has 4 heterocycles. The molecule has 0 aliphatic carbocycles. The lowest BCUT2D eigenvalue weighted by atomic mass is 10.1. The average Bonchev–Trinajstić information content (AvgIpc) is 3.30. The van der Waals surface area contributed by atoms with Gasteiger partial charge in [-0.25, -0.2) is 14.8 Å². The van der Waals surface area contributed by atoms with Crippen LogP contribution in [0.1, 0.15) is 25.0 Å². The Hall–Kier alpha value is -3.30. The van der Waals surface area contributed by atoms with Crippen LogP contribution in [-0.4, -0.2) is 56.5 Å². The van der Waals surface area contributed by atoms with E-state index in [9.17, 15) is 4.79 Å². The summed E-state index contributed by atoms with van der Waals surface area (Å²) in [5, 5.41) is 5.08. The van der Waals surface area contributed by atoms with Gasteiger partial charge in [0, 0.05) is 30.4 Å². The molecule has 9 nitrogen and oxygen atoms in total. The zero-order chi connectivity index (χ0) is 22.2. The standard InChI is InChI=1S/C23H26N6O3/c1-15-13-32-16(2)10-27(15)11-18-8-20-21(24-9-18)28(23(30)29-22(20)25-14-26-29)12-17-4-6-19(31-3)7-5-17/h4-9,14-16H,10-13H2,1-3H3/p+1/t15-,16-/m1/s1. The van der Waals surface area contributed by atoms with Gasteiger partial charge in [0.15, 0.2) is 5.65 Å². The fraction of sp³-hybridized carbons (Fsp3) is 0.391. The minimum absolute atomic E-state index is 0.212. The zero-order valence-corrected chi connectivity index (χ0v) is 18.5. The van der Waals surface area contributed by atoms with Crippen LogP contribution in [-0.2, 0) is 17.8 Å². The third-order valence-electron chi connectivity index (χ3n) is 6.05. The number of nitrogens with one attached hydrogen (secondary N) is 1. The number of ether oxygens (including phenoxy) is 2. The van der Waals surface area contributed by atoms with E-state index in [1.54, 1.807) is 11.7 Å². The van der Waals surface area contributed by atoms with Crippen molar-refractivity contribution < 1.29 is 14.5 Å². The first-order chi connectivity index (χ1) is 15.5. The van der Waals surface area contributed by atoms with Gasteiger partial charge in [-0.3, -0.25) is 9.47 Å². The van der Waals surface area contributed by atoms with Crippen LogP contribution >= 0.6 is 0 Å². The van der Waals surface area contributed by atoms with Crippen LogP contribution in [0.5, 0.6) is 5.75 Å². The molecular formula is C23H27N6O3+. The molecule has 1 fully saturated rings. The van der Waals surface area contributed by atoms with Crippen LogP contribution in [0.15, 0.2) is 47.7 Å². The van der Waals surface area contributed by atoms with Crippen molar-refractivity contribution >= 4 is 16.7 Å². The molecule has 0 amide bonds. The molecule has 2 atom stereocenters. The first kappa shape index (κ1) is 20.6. The Bertz CT molecular complexity index is 1310. The quantitative estimate of drug-likeness (QED) is 0.472. The number of hydrogen-bond donors (Lipinski definition) is 0. The van der Waals surface area contributed by atoms with Gasteiger partial charge in [0.05, 0.1) is 31.8 Å². The van der Waals surface area contributed by atoms with Gasteiger partial charge in [-0.05, 0) is 47.7 Å². The van der Waals surface area contributed by atoms with E-state index in [0.29, 0.717) is 23.9 Å². The molecule has 1 aliphatic rings. The predicted molar refractivity (Wildman–Crippen MR) is 119 cm³/mol. The largest absolute Gasteiger partial charge is 0.497 e. The first-order valence-electron chi connectivity index (χ1n) is 10.8. The number of methoxy groups -OCH3 is 1. The number of H-pyrrole nitrogens is 1. The van der Waals surface area contributed by atoms with E-state index in [4.69, 9.17) is 14.5 Å². The minimum Gasteiger partial charge on any atom is -0.497 e. The van der Waals surface area contributed by atoms with Crippen LogP contribution in [0.2, 0.25) is 0 Å². The van der Waals surface area contributed by atoms with Crippen LogP contribution in [0, 0.1) is 0 Å². The number of pyridine rings is 1. The monoisotopic (exact) mass is 435 g/mol. The highest BCUT2D eigenvalue weighted by Gasteiger charge is 2.25. The minimum atomic E-state index is -0.236. The van der Waals surface area contributed by atoms with Crippen molar-refractivity contribution in [3.05, 3.63) is 64.5 Å². The van der Waals surface area contributed by atoms with E-state index < -0.39 is 0 Å². The van der Waals surface area contributed by atoms with E-state index in [1.165, 1.54) is 10.8 Å². The molecule has 1 aromatic carbocycles. The molecule has 5 rings (SSSR count). The smallest absolute Gasteiger partial charge is 0.425 e. The van der Waals surface area contributed by atoms with Crippen molar-refractivity contribution in [2.24, 2.45) is 0 Å². The Morgan fingerprint density at radius 3 is 2.78 bits per heavy atom. The van der Waals surface area contributed by atoms with Gasteiger partial charge in [-0.2, -0.15) is 0 Å². The summed E-state index contributed by atoms with van der Waals surface area (Å²) in [4.78, 5) is 23.4. The van der Waals surface area contributed by atoms with Crippen molar-refractivity contribution in [3.8, 4) is 5.75 Å². The second-order valence-electron chi connectivity index (χ2n) is 8.40. The Labute approximate surface area is 185 Å². The molecule has 9 heteroatoms. The number of hydrogen-bond acceptors (Lipinski definition) is 6. The predicted octanol–water partition coefficient (Wildman–Crippen LogP) is 1.52. The van der Waals surface area contributed by atoms with E-state index in [-0.39, 0.29) is 11.8 Å². The van der Waals surface area contributed by atoms with E-state index in [2.05, 4.69) is 34.9 Å². The second-order valence-corrected chi connectivity index (χ2v) is 8.40. The molecule has 0 spiro atoms. The number of nitrogens with zero attached hydrogens (tertiary/aromatic N) is 5. The maximum atomic E-state index is 13.2. The first-order valence-corrected chi connectivity index (χ1v) is 10.8. The van der Waals surface area contributed by atoms with Crippen LogP contribution in [0.3, 0.4) is 0 Å². The fourth-order valence-electron chi connectivity index (χ4n) is 4.27. The van der Waals surface area contributed by atoms with Gasteiger partial charge in [0.2, 0.25) is 0 Å². The highest BCUT2D eigenvalue weighted by molar-refractivity contribution is 5.87.